The van der Waals surface area contributed by atoms with Gasteiger partial charge in [-0.3, -0.25) is 4.79 Å². The summed E-state index contributed by atoms with van der Waals surface area (Å²) < 4.78 is 4.81. The number of ether oxygens (including phenoxy) is 1. The molecule has 2 fully saturated rings. The van der Waals surface area contributed by atoms with Gasteiger partial charge in [-0.25, -0.2) is 4.79 Å². The van der Waals surface area contributed by atoms with Gasteiger partial charge in [-0.05, 0) is 44.4 Å². The van der Waals surface area contributed by atoms with Crippen LogP contribution >= 0.6 is 0 Å². The molecule has 2 aliphatic carbocycles. The molecular formula is C13H19NO3. The number of amides is 1. The average molecular weight is 237 g/mol. The van der Waals surface area contributed by atoms with E-state index in [0.717, 1.165) is 0 Å². The van der Waals surface area contributed by atoms with Gasteiger partial charge in [-0.1, -0.05) is 6.08 Å². The Morgan fingerprint density at radius 3 is 2.35 bits per heavy atom. The highest BCUT2D eigenvalue weighted by molar-refractivity contribution is 5.85. The minimum atomic E-state index is -0.461. The maximum Gasteiger partial charge on any atom is 0.330 e. The first-order valence-electron chi connectivity index (χ1n) is 6.29. The summed E-state index contributed by atoms with van der Waals surface area (Å²) in [6.07, 6.45) is 7.79. The van der Waals surface area contributed by atoms with Gasteiger partial charge in [0, 0.05) is 12.1 Å². The highest BCUT2D eigenvalue weighted by Gasteiger charge is 2.42. The molecule has 0 heterocycles. The third-order valence-electron chi connectivity index (χ3n) is 3.24. The van der Waals surface area contributed by atoms with Gasteiger partial charge in [-0.15, -0.1) is 0 Å². The molecule has 1 N–H and O–H groups in total. The lowest BCUT2D eigenvalue weighted by Gasteiger charge is -2.17. The summed E-state index contributed by atoms with van der Waals surface area (Å²) in [5.41, 5.74) is 0. The molecule has 17 heavy (non-hydrogen) atoms. The number of carbonyl (C=O) groups is 2. The molecule has 2 saturated carbocycles. The fourth-order valence-corrected chi connectivity index (χ4v) is 2.08. The lowest BCUT2D eigenvalue weighted by molar-refractivity contribution is -0.144. The average Bonchev–Trinajstić information content (AvgIpc) is 3.17. The van der Waals surface area contributed by atoms with E-state index in [1.165, 1.54) is 31.8 Å². The number of hydrogen-bond donors (Lipinski definition) is 1. The van der Waals surface area contributed by atoms with Crippen molar-refractivity contribution in [2.45, 2.75) is 38.6 Å². The van der Waals surface area contributed by atoms with E-state index in [2.05, 4.69) is 5.32 Å². The first kappa shape index (κ1) is 12.1. The van der Waals surface area contributed by atoms with Gasteiger partial charge >= 0.3 is 5.97 Å². The minimum absolute atomic E-state index is 0.168. The van der Waals surface area contributed by atoms with E-state index in [-0.39, 0.29) is 12.5 Å². The van der Waals surface area contributed by atoms with Crippen LogP contribution in [0.4, 0.5) is 0 Å². The highest BCUT2D eigenvalue weighted by Crippen LogP contribution is 2.44. The molecule has 0 unspecified atom stereocenters. The van der Waals surface area contributed by atoms with Crippen LogP contribution < -0.4 is 5.32 Å². The molecule has 0 saturated heterocycles. The van der Waals surface area contributed by atoms with E-state index in [0.29, 0.717) is 17.9 Å². The van der Waals surface area contributed by atoms with E-state index in [1.54, 1.807) is 13.0 Å². The van der Waals surface area contributed by atoms with Crippen molar-refractivity contribution in [2.24, 2.45) is 11.8 Å². The smallest absolute Gasteiger partial charge is 0.330 e. The topological polar surface area (TPSA) is 55.4 Å². The van der Waals surface area contributed by atoms with Gasteiger partial charge in [0.1, 0.15) is 0 Å². The van der Waals surface area contributed by atoms with Crippen LogP contribution in [0.2, 0.25) is 0 Å². The predicted molar refractivity (Wildman–Crippen MR) is 63.2 cm³/mol. The monoisotopic (exact) mass is 237 g/mol. The molecule has 0 atom stereocenters. The summed E-state index contributed by atoms with van der Waals surface area (Å²) in [5.74, 6) is 0.694. The van der Waals surface area contributed by atoms with Crippen LogP contribution in [0, 0.1) is 11.8 Å². The lowest BCUT2D eigenvalue weighted by atomic mass is 10.1. The van der Waals surface area contributed by atoms with Crippen LogP contribution in [0.15, 0.2) is 12.2 Å². The Hall–Kier alpha value is -1.32. The van der Waals surface area contributed by atoms with E-state index < -0.39 is 5.97 Å². The van der Waals surface area contributed by atoms with Gasteiger partial charge in [-0.2, -0.15) is 0 Å². The van der Waals surface area contributed by atoms with Crippen LogP contribution in [0.5, 0.6) is 0 Å². The molecule has 0 aromatic rings. The molecule has 0 spiro atoms. The number of allylic oxidation sites excluding steroid dienone is 1. The molecule has 0 radical (unpaired) electrons. The fourth-order valence-electron chi connectivity index (χ4n) is 2.08. The molecule has 94 valence electrons. The van der Waals surface area contributed by atoms with E-state index in [1.807, 2.05) is 0 Å². The summed E-state index contributed by atoms with van der Waals surface area (Å²) in [7, 11) is 0. The van der Waals surface area contributed by atoms with Gasteiger partial charge in [0.05, 0.1) is 0 Å². The summed E-state index contributed by atoms with van der Waals surface area (Å²) in [6.45, 7) is 1.57. The zero-order valence-electron chi connectivity index (χ0n) is 10.1. The number of hydrogen-bond acceptors (Lipinski definition) is 3. The number of esters is 1. The molecule has 1 amide bonds. The highest BCUT2D eigenvalue weighted by atomic mass is 16.5. The second-order valence-electron chi connectivity index (χ2n) is 4.88. The fraction of sp³-hybridized carbons (Fsp3) is 0.692. The molecular weight excluding hydrogens is 218 g/mol. The Kier molecular flexibility index (Phi) is 3.82. The third kappa shape index (κ3) is 3.88. The quantitative estimate of drug-likeness (QED) is 0.561. The predicted octanol–water partition coefficient (Wildman–Crippen LogP) is 1.41. The van der Waals surface area contributed by atoms with Gasteiger partial charge in [0.2, 0.25) is 0 Å². The van der Waals surface area contributed by atoms with Gasteiger partial charge in [0.15, 0.2) is 6.61 Å². The molecule has 0 bridgehead atoms. The van der Waals surface area contributed by atoms with E-state index in [4.69, 9.17) is 4.74 Å². The minimum Gasteiger partial charge on any atom is -0.452 e. The lowest BCUT2D eigenvalue weighted by Crippen LogP contribution is -2.40. The molecule has 4 nitrogen and oxygen atoms in total. The zero-order valence-corrected chi connectivity index (χ0v) is 10.1. The van der Waals surface area contributed by atoms with Crippen LogP contribution in [-0.4, -0.2) is 24.5 Å². The first-order valence-corrected chi connectivity index (χ1v) is 6.29. The number of carbonyl (C=O) groups excluding carboxylic acids is 2. The van der Waals surface area contributed by atoms with Crippen LogP contribution in [0.1, 0.15) is 32.6 Å². The summed E-state index contributed by atoms with van der Waals surface area (Å²) in [6, 6.07) is 0.322. The molecule has 0 aromatic carbocycles. The number of nitrogens with one attached hydrogen (secondary N) is 1. The van der Waals surface area contributed by atoms with Gasteiger partial charge in [0.25, 0.3) is 5.91 Å². The number of rotatable bonds is 6. The Labute approximate surface area is 101 Å². The Balaban J connectivity index is 1.70. The normalized spacial score (nSPS) is 19.6. The second-order valence-corrected chi connectivity index (χ2v) is 4.88. The van der Waals surface area contributed by atoms with Crippen LogP contribution in [-0.2, 0) is 14.3 Å². The van der Waals surface area contributed by atoms with Crippen molar-refractivity contribution in [3.05, 3.63) is 12.2 Å². The Bertz CT molecular complexity index is 318. The third-order valence-corrected chi connectivity index (χ3v) is 3.24. The zero-order chi connectivity index (χ0) is 12.3. The van der Waals surface area contributed by atoms with Crippen molar-refractivity contribution in [3.8, 4) is 0 Å². The SMILES string of the molecule is C/C=C/C(=O)OCC(=O)NC(C1CC1)C1CC1. The van der Waals surface area contributed by atoms with Gasteiger partial charge < -0.3 is 10.1 Å². The van der Waals surface area contributed by atoms with E-state index in [9.17, 15) is 9.59 Å². The van der Waals surface area contributed by atoms with Crippen molar-refractivity contribution >= 4 is 11.9 Å². The molecule has 0 aromatic heterocycles. The summed E-state index contributed by atoms with van der Waals surface area (Å²) in [5, 5.41) is 3.00. The van der Waals surface area contributed by atoms with Crippen molar-refractivity contribution in [1.29, 1.82) is 0 Å². The maximum atomic E-state index is 11.6. The molecule has 2 rings (SSSR count). The standard InChI is InChI=1S/C13H19NO3/c1-2-3-12(16)17-8-11(15)14-13(9-4-5-9)10-6-7-10/h2-3,9-10,13H,4-8H2,1H3,(H,14,15)/b3-2+. The summed E-state index contributed by atoms with van der Waals surface area (Å²) in [4.78, 5) is 22.7. The van der Waals surface area contributed by atoms with Crippen molar-refractivity contribution < 1.29 is 14.3 Å². The second kappa shape index (κ2) is 5.34. The molecule has 0 aliphatic heterocycles. The maximum absolute atomic E-state index is 11.6. The van der Waals surface area contributed by atoms with Crippen molar-refractivity contribution in [1.82, 2.24) is 5.32 Å². The van der Waals surface area contributed by atoms with Crippen molar-refractivity contribution in [3.63, 3.8) is 0 Å². The molecule has 2 aliphatic rings. The largest absolute Gasteiger partial charge is 0.452 e. The van der Waals surface area contributed by atoms with Crippen LogP contribution in [0.3, 0.4) is 0 Å². The van der Waals surface area contributed by atoms with Crippen LogP contribution in [0.25, 0.3) is 0 Å². The van der Waals surface area contributed by atoms with E-state index >= 15 is 0 Å². The Morgan fingerprint density at radius 2 is 1.88 bits per heavy atom. The Morgan fingerprint density at radius 1 is 1.29 bits per heavy atom. The first-order chi connectivity index (χ1) is 8.20. The summed E-state index contributed by atoms with van der Waals surface area (Å²) >= 11 is 0. The van der Waals surface area contributed by atoms with Crippen molar-refractivity contribution in [2.75, 3.05) is 6.61 Å². The molecule has 4 heteroatoms.